The van der Waals surface area contributed by atoms with Crippen LogP contribution in [0.25, 0.3) is 0 Å². The van der Waals surface area contributed by atoms with Gasteiger partial charge in [-0.3, -0.25) is 17.2 Å². The first kappa shape index (κ1) is 21.7. The highest BCUT2D eigenvalue weighted by Crippen LogP contribution is 2.24. The van der Waals surface area contributed by atoms with Crippen LogP contribution in [0.4, 0.5) is 0 Å². The van der Waals surface area contributed by atoms with Crippen LogP contribution in [0, 0.1) is 0 Å². The minimum absolute atomic E-state index is 0.110. The second-order valence-electron chi connectivity index (χ2n) is 5.76. The van der Waals surface area contributed by atoms with E-state index in [0.717, 1.165) is 0 Å². The number of hydrogen-bond acceptors (Lipinski definition) is 10. The first-order chi connectivity index (χ1) is 10.2. The maximum atomic E-state index is 6.09. The summed E-state index contributed by atoms with van der Waals surface area (Å²) in [5.74, 6) is -1.77. The topological polar surface area (TPSA) is 176 Å². The van der Waals surface area contributed by atoms with Crippen LogP contribution in [-0.2, 0) is 20.6 Å². The Labute approximate surface area is 145 Å². The normalized spacial score (nSPS) is 24.8. The minimum Gasteiger partial charge on any atom is -0.415 e. The molecule has 4 radical (unpaired) electrons. The van der Waals surface area contributed by atoms with Crippen molar-refractivity contribution in [2.24, 2.45) is 28.7 Å². The zero-order chi connectivity index (χ0) is 18.1. The van der Waals surface area contributed by atoms with Gasteiger partial charge in [0.2, 0.25) is 0 Å². The SMILES string of the molecule is C[Si]1O[Si](C)O[Si](C)O[Si](C)(CC(N)(N)C(N)(N)N)O[Si](C)O1. The van der Waals surface area contributed by atoms with Crippen molar-refractivity contribution in [2.45, 2.75) is 50.2 Å². The van der Waals surface area contributed by atoms with E-state index in [-0.39, 0.29) is 6.04 Å². The highest BCUT2D eigenvalue weighted by molar-refractivity contribution is 6.80. The van der Waals surface area contributed by atoms with Crippen molar-refractivity contribution < 1.29 is 20.6 Å². The van der Waals surface area contributed by atoms with Gasteiger partial charge in [0.1, 0.15) is 11.4 Å². The fraction of sp³-hybridized carbons (Fsp3) is 1.00. The molecular formula is C8H27N5O5Si5. The molecule has 0 spiro atoms. The number of nitrogens with two attached hydrogens (primary N) is 5. The van der Waals surface area contributed by atoms with E-state index in [1.54, 1.807) is 0 Å². The molecule has 1 aliphatic rings. The van der Waals surface area contributed by atoms with E-state index in [1.807, 2.05) is 32.7 Å². The molecule has 10 nitrogen and oxygen atoms in total. The van der Waals surface area contributed by atoms with E-state index in [4.69, 9.17) is 49.2 Å². The first-order valence-electron chi connectivity index (χ1n) is 6.94. The van der Waals surface area contributed by atoms with Crippen molar-refractivity contribution in [3.8, 4) is 0 Å². The fourth-order valence-electron chi connectivity index (χ4n) is 2.08. The van der Waals surface area contributed by atoms with Crippen molar-refractivity contribution in [3.05, 3.63) is 0 Å². The van der Waals surface area contributed by atoms with Gasteiger partial charge in [-0.05, 0) is 32.7 Å². The third kappa shape index (κ3) is 6.83. The van der Waals surface area contributed by atoms with Crippen molar-refractivity contribution in [1.82, 2.24) is 0 Å². The Kier molecular flexibility index (Phi) is 7.49. The monoisotopic (exact) mass is 413 g/mol. The molecule has 0 atom stereocenters. The Morgan fingerprint density at radius 1 is 0.739 bits per heavy atom. The zero-order valence-electron chi connectivity index (χ0n) is 14.1. The molecule has 1 saturated heterocycles. The van der Waals surface area contributed by atoms with Crippen LogP contribution >= 0.6 is 0 Å². The predicted molar refractivity (Wildman–Crippen MR) is 94.7 cm³/mol. The summed E-state index contributed by atoms with van der Waals surface area (Å²) >= 11 is 0. The van der Waals surface area contributed by atoms with Crippen molar-refractivity contribution in [2.75, 3.05) is 0 Å². The quantitative estimate of drug-likeness (QED) is 0.251. The Balaban J connectivity index is 2.99. The van der Waals surface area contributed by atoms with Crippen molar-refractivity contribution in [3.63, 3.8) is 0 Å². The summed E-state index contributed by atoms with van der Waals surface area (Å²) in [6.07, 6.45) is 0. The second kappa shape index (κ2) is 7.93. The van der Waals surface area contributed by atoms with Gasteiger partial charge in [0.15, 0.2) is 0 Å². The van der Waals surface area contributed by atoms with E-state index in [0.29, 0.717) is 0 Å². The molecule has 0 aromatic heterocycles. The van der Waals surface area contributed by atoms with E-state index >= 15 is 0 Å². The molecule has 0 aromatic carbocycles. The summed E-state index contributed by atoms with van der Waals surface area (Å²) in [6, 6.07) is 0.110. The van der Waals surface area contributed by atoms with Gasteiger partial charge in [-0.25, -0.2) is 0 Å². The molecule has 1 aliphatic heterocycles. The molecule has 0 unspecified atom stereocenters. The van der Waals surface area contributed by atoms with Gasteiger partial charge in [-0.15, -0.1) is 0 Å². The van der Waals surface area contributed by atoms with Gasteiger partial charge in [-0.2, -0.15) is 0 Å². The zero-order valence-corrected chi connectivity index (χ0v) is 19.1. The Morgan fingerprint density at radius 2 is 1.09 bits per heavy atom. The summed E-state index contributed by atoms with van der Waals surface area (Å²) in [5.41, 5.74) is 27.6. The third-order valence-corrected chi connectivity index (χ3v) is 16.9. The minimum atomic E-state index is -2.88. The molecule has 1 fully saturated rings. The largest absolute Gasteiger partial charge is 0.415 e. The first-order valence-corrected chi connectivity index (χ1v) is 16.7. The van der Waals surface area contributed by atoms with E-state index in [1.165, 1.54) is 0 Å². The standard InChI is InChI=1S/C8H27N5O5Si5/c1-19-14-20(2)16-22(4)18-23(5,17-21(3)15-19)6-7(9,10)8(11,12)13/h6,9-13H2,1-5H3. The highest BCUT2D eigenvalue weighted by atomic mass is 28.5. The predicted octanol–water partition coefficient (Wildman–Crippen LogP) is -2.23. The molecule has 0 saturated carbocycles. The molecule has 23 heavy (non-hydrogen) atoms. The number of hydrogen-bond donors (Lipinski definition) is 5. The summed E-state index contributed by atoms with van der Waals surface area (Å²) < 4.78 is 29.6. The third-order valence-electron chi connectivity index (χ3n) is 3.00. The molecule has 10 N–H and O–H groups in total. The molecule has 0 amide bonds. The van der Waals surface area contributed by atoms with Crippen LogP contribution in [0.2, 0.25) is 38.8 Å². The average molecular weight is 414 g/mol. The van der Waals surface area contributed by atoms with Gasteiger partial charge in [0, 0.05) is 6.04 Å². The van der Waals surface area contributed by atoms with Crippen molar-refractivity contribution >= 4 is 45.7 Å². The molecular weight excluding hydrogens is 387 g/mol. The summed E-state index contributed by atoms with van der Waals surface area (Å²) in [7, 11) is -8.98. The van der Waals surface area contributed by atoms with E-state index in [2.05, 4.69) is 0 Å². The van der Waals surface area contributed by atoms with Crippen LogP contribution in [0.3, 0.4) is 0 Å². The van der Waals surface area contributed by atoms with E-state index in [9.17, 15) is 0 Å². The average Bonchev–Trinajstić information content (AvgIpc) is 2.21. The summed E-state index contributed by atoms with van der Waals surface area (Å²) in [6.45, 7) is 9.40. The van der Waals surface area contributed by atoms with Gasteiger partial charge in [0.25, 0.3) is 0 Å². The van der Waals surface area contributed by atoms with Gasteiger partial charge < -0.3 is 32.0 Å². The lowest BCUT2D eigenvalue weighted by atomic mass is 10.1. The Bertz CT molecular complexity index is 384. The van der Waals surface area contributed by atoms with Crippen LogP contribution < -0.4 is 28.7 Å². The number of rotatable bonds is 3. The van der Waals surface area contributed by atoms with Crippen LogP contribution in [0.5, 0.6) is 0 Å². The van der Waals surface area contributed by atoms with Gasteiger partial charge in [0.05, 0.1) is 0 Å². The smallest absolute Gasteiger partial charge is 0.362 e. The highest BCUT2D eigenvalue weighted by Gasteiger charge is 2.49. The molecule has 1 rings (SSSR count). The van der Waals surface area contributed by atoms with E-state index < -0.39 is 57.1 Å². The maximum Gasteiger partial charge on any atom is 0.362 e. The lowest BCUT2D eigenvalue weighted by molar-refractivity contribution is 0.225. The summed E-state index contributed by atoms with van der Waals surface area (Å²) in [4.78, 5) is 0. The molecule has 0 aliphatic carbocycles. The molecule has 15 heteroatoms. The molecule has 0 aromatic rings. The van der Waals surface area contributed by atoms with Crippen LogP contribution in [0.15, 0.2) is 0 Å². The van der Waals surface area contributed by atoms with Crippen LogP contribution in [-0.4, -0.2) is 57.1 Å². The van der Waals surface area contributed by atoms with Crippen LogP contribution in [0.1, 0.15) is 0 Å². The molecule has 1 heterocycles. The Morgan fingerprint density at radius 3 is 1.43 bits per heavy atom. The van der Waals surface area contributed by atoms with Gasteiger partial charge >= 0.3 is 45.7 Å². The molecule has 134 valence electrons. The second-order valence-corrected chi connectivity index (χ2v) is 16.4. The lowest BCUT2D eigenvalue weighted by Crippen LogP contribution is -2.82. The van der Waals surface area contributed by atoms with Crippen molar-refractivity contribution in [1.29, 1.82) is 0 Å². The molecule has 0 bridgehead atoms. The van der Waals surface area contributed by atoms with Gasteiger partial charge in [-0.1, -0.05) is 0 Å². The summed E-state index contributed by atoms with van der Waals surface area (Å²) in [5, 5.41) is 0. The Hall–Kier alpha value is 0.684. The lowest BCUT2D eigenvalue weighted by Gasteiger charge is -2.43. The maximum absolute atomic E-state index is 6.09. The fourth-order valence-corrected chi connectivity index (χ4v) is 16.5.